The molecule has 8 nitrogen and oxygen atoms in total. The molecule has 1 aromatic rings. The van der Waals surface area contributed by atoms with Gasteiger partial charge in [0.25, 0.3) is 17.3 Å². The first-order chi connectivity index (χ1) is 8.73. The fourth-order valence-electron chi connectivity index (χ4n) is 1.54. The van der Waals surface area contributed by atoms with Crippen molar-refractivity contribution in [2.24, 2.45) is 0 Å². The van der Waals surface area contributed by atoms with Gasteiger partial charge in [-0.2, -0.15) is 0 Å². The Morgan fingerprint density at radius 3 is 1.89 bits per heavy atom. The summed E-state index contributed by atoms with van der Waals surface area (Å²) in [6.07, 6.45) is 0. The Balaban J connectivity index is 3.38. The van der Waals surface area contributed by atoms with Gasteiger partial charge in [0.05, 0.1) is 15.4 Å². The number of carbonyl (C=O) groups is 1. The lowest BCUT2D eigenvalue weighted by Gasteiger charge is -2.09. The number of carbonyl (C=O) groups excluding carboxylic acids is 1. The Hall–Kier alpha value is -2.51. The number of benzene rings is 1. The van der Waals surface area contributed by atoms with Crippen LogP contribution in [0.1, 0.15) is 29.8 Å². The van der Waals surface area contributed by atoms with Crippen molar-refractivity contribution in [3.05, 3.63) is 43.5 Å². The predicted molar refractivity (Wildman–Crippen MR) is 67.1 cm³/mol. The second-order valence-corrected chi connectivity index (χ2v) is 4.28. The molecular weight excluding hydrogens is 254 g/mol. The minimum absolute atomic E-state index is 0.0731. The Bertz CT molecular complexity index is 518. The Labute approximate surface area is 108 Å². The topological polar surface area (TPSA) is 115 Å². The Kier molecular flexibility index (Phi) is 4.15. The first-order valence-corrected chi connectivity index (χ1v) is 5.48. The first-order valence-electron chi connectivity index (χ1n) is 5.48. The van der Waals surface area contributed by atoms with E-state index in [9.17, 15) is 25.0 Å². The van der Waals surface area contributed by atoms with Crippen molar-refractivity contribution in [1.82, 2.24) is 5.32 Å². The third kappa shape index (κ3) is 3.24. The average Bonchev–Trinajstić information content (AvgIpc) is 2.27. The van der Waals surface area contributed by atoms with E-state index in [4.69, 9.17) is 0 Å². The van der Waals surface area contributed by atoms with Crippen molar-refractivity contribution in [2.45, 2.75) is 26.8 Å². The maximum Gasteiger partial charge on any atom is 0.279 e. The van der Waals surface area contributed by atoms with Crippen LogP contribution in [0, 0.1) is 27.2 Å². The van der Waals surface area contributed by atoms with Crippen LogP contribution in [-0.2, 0) is 0 Å². The van der Waals surface area contributed by atoms with Gasteiger partial charge in [-0.1, -0.05) is 0 Å². The monoisotopic (exact) mass is 267 g/mol. The van der Waals surface area contributed by atoms with Crippen LogP contribution in [0.4, 0.5) is 11.4 Å². The first kappa shape index (κ1) is 14.6. The largest absolute Gasteiger partial charge is 0.350 e. The summed E-state index contributed by atoms with van der Waals surface area (Å²) in [5.74, 6) is -0.582. The standard InChI is InChI=1S/C11H13N3O5/c1-6(2)12-11(15)8-4-9(13(16)17)7(3)10(5-8)14(18)19/h4-6H,1-3H3,(H,12,15). The van der Waals surface area contributed by atoms with Gasteiger partial charge in [0.2, 0.25) is 0 Å². The summed E-state index contributed by atoms with van der Waals surface area (Å²) < 4.78 is 0. The molecule has 1 amide bonds. The molecule has 0 radical (unpaired) electrons. The van der Waals surface area contributed by atoms with Crippen molar-refractivity contribution >= 4 is 17.3 Å². The van der Waals surface area contributed by atoms with Gasteiger partial charge in [0, 0.05) is 18.2 Å². The van der Waals surface area contributed by atoms with Crippen molar-refractivity contribution in [3.8, 4) is 0 Å². The van der Waals surface area contributed by atoms with Gasteiger partial charge in [0.15, 0.2) is 0 Å². The summed E-state index contributed by atoms with van der Waals surface area (Å²) in [4.78, 5) is 32.0. The van der Waals surface area contributed by atoms with Gasteiger partial charge in [-0.3, -0.25) is 25.0 Å². The second kappa shape index (κ2) is 5.42. The normalized spacial score (nSPS) is 10.3. The molecule has 0 aliphatic heterocycles. The molecule has 1 rings (SSSR count). The van der Waals surface area contributed by atoms with Crippen LogP contribution in [0.3, 0.4) is 0 Å². The molecule has 0 aliphatic carbocycles. The van der Waals surface area contributed by atoms with Crippen LogP contribution in [0.25, 0.3) is 0 Å². The van der Waals surface area contributed by atoms with Gasteiger partial charge in [-0.25, -0.2) is 0 Å². The number of nitrogens with one attached hydrogen (secondary N) is 1. The molecule has 1 aromatic carbocycles. The van der Waals surface area contributed by atoms with Crippen LogP contribution in [-0.4, -0.2) is 21.8 Å². The Morgan fingerprint density at radius 2 is 1.58 bits per heavy atom. The molecule has 0 saturated heterocycles. The highest BCUT2D eigenvalue weighted by Gasteiger charge is 2.25. The molecule has 0 spiro atoms. The lowest BCUT2D eigenvalue weighted by atomic mass is 10.1. The fraction of sp³-hybridized carbons (Fsp3) is 0.364. The highest BCUT2D eigenvalue weighted by Crippen LogP contribution is 2.29. The summed E-state index contributed by atoms with van der Waals surface area (Å²) in [6.45, 7) is 4.71. The summed E-state index contributed by atoms with van der Waals surface area (Å²) in [7, 11) is 0. The van der Waals surface area contributed by atoms with Crippen molar-refractivity contribution in [1.29, 1.82) is 0 Å². The fourth-order valence-corrected chi connectivity index (χ4v) is 1.54. The molecule has 0 bridgehead atoms. The van der Waals surface area contributed by atoms with Gasteiger partial charge >= 0.3 is 0 Å². The highest BCUT2D eigenvalue weighted by molar-refractivity contribution is 5.96. The molecule has 0 aromatic heterocycles. The summed E-state index contributed by atoms with van der Waals surface area (Å²) in [6, 6.07) is 1.91. The number of nitro groups is 2. The maximum atomic E-state index is 11.8. The van der Waals surface area contributed by atoms with E-state index in [1.807, 2.05) is 0 Å². The van der Waals surface area contributed by atoms with Gasteiger partial charge < -0.3 is 5.32 Å². The summed E-state index contributed by atoms with van der Waals surface area (Å²) >= 11 is 0. The summed E-state index contributed by atoms with van der Waals surface area (Å²) in [5, 5.41) is 24.2. The average molecular weight is 267 g/mol. The molecule has 102 valence electrons. The van der Waals surface area contributed by atoms with E-state index in [1.54, 1.807) is 13.8 Å². The number of amides is 1. The number of hydrogen-bond acceptors (Lipinski definition) is 5. The quantitative estimate of drug-likeness (QED) is 0.661. The van der Waals surface area contributed by atoms with E-state index in [1.165, 1.54) is 6.92 Å². The molecule has 0 aliphatic rings. The number of rotatable bonds is 4. The summed E-state index contributed by atoms with van der Waals surface area (Å²) in [5.41, 5.74) is -1.06. The third-order valence-corrected chi connectivity index (χ3v) is 2.43. The zero-order valence-electron chi connectivity index (χ0n) is 10.7. The van der Waals surface area contributed by atoms with E-state index in [-0.39, 0.29) is 17.2 Å². The Morgan fingerprint density at radius 1 is 1.16 bits per heavy atom. The third-order valence-electron chi connectivity index (χ3n) is 2.43. The smallest absolute Gasteiger partial charge is 0.279 e. The lowest BCUT2D eigenvalue weighted by molar-refractivity contribution is -0.395. The van der Waals surface area contributed by atoms with E-state index in [2.05, 4.69) is 5.32 Å². The van der Waals surface area contributed by atoms with Crippen molar-refractivity contribution in [2.75, 3.05) is 0 Å². The second-order valence-electron chi connectivity index (χ2n) is 4.28. The van der Waals surface area contributed by atoms with Crippen LogP contribution < -0.4 is 5.32 Å². The van der Waals surface area contributed by atoms with Crippen LogP contribution in [0.5, 0.6) is 0 Å². The van der Waals surface area contributed by atoms with E-state index in [0.717, 1.165) is 12.1 Å². The number of nitro benzene ring substituents is 2. The SMILES string of the molecule is Cc1c([N+](=O)[O-])cc(C(=O)NC(C)C)cc1[N+](=O)[O-]. The van der Waals surface area contributed by atoms with E-state index in [0.29, 0.717) is 0 Å². The van der Waals surface area contributed by atoms with Crippen LogP contribution >= 0.6 is 0 Å². The van der Waals surface area contributed by atoms with Crippen LogP contribution in [0.2, 0.25) is 0 Å². The molecule has 1 N–H and O–H groups in total. The zero-order valence-corrected chi connectivity index (χ0v) is 10.7. The van der Waals surface area contributed by atoms with Crippen molar-refractivity contribution in [3.63, 3.8) is 0 Å². The van der Waals surface area contributed by atoms with E-state index >= 15 is 0 Å². The number of hydrogen-bond donors (Lipinski definition) is 1. The van der Waals surface area contributed by atoms with Gasteiger partial charge in [0.1, 0.15) is 5.56 Å². The molecule has 8 heteroatoms. The predicted octanol–water partition coefficient (Wildman–Crippen LogP) is 1.95. The minimum atomic E-state index is -0.742. The molecule has 0 fully saturated rings. The van der Waals surface area contributed by atoms with Crippen LogP contribution in [0.15, 0.2) is 12.1 Å². The van der Waals surface area contributed by atoms with Crippen molar-refractivity contribution < 1.29 is 14.6 Å². The van der Waals surface area contributed by atoms with Gasteiger partial charge in [-0.15, -0.1) is 0 Å². The highest BCUT2D eigenvalue weighted by atomic mass is 16.6. The van der Waals surface area contributed by atoms with Gasteiger partial charge in [-0.05, 0) is 20.8 Å². The molecule has 19 heavy (non-hydrogen) atoms. The maximum absolute atomic E-state index is 11.8. The molecule has 0 unspecified atom stereocenters. The molecule has 0 atom stereocenters. The number of nitrogens with zero attached hydrogens (tertiary/aromatic N) is 2. The zero-order chi connectivity index (χ0) is 14.7. The molecule has 0 heterocycles. The minimum Gasteiger partial charge on any atom is -0.350 e. The molecule has 0 saturated carbocycles. The van der Waals surface area contributed by atoms with E-state index < -0.39 is 27.1 Å². The lowest BCUT2D eigenvalue weighted by Crippen LogP contribution is -2.30. The molecular formula is C11H13N3O5.